The number of likely N-dealkylation sites (N-methyl/N-ethyl adjacent to an activating group) is 1. The second kappa shape index (κ2) is 8.60. The number of benzene rings is 2. The van der Waals surface area contributed by atoms with Gasteiger partial charge in [0.2, 0.25) is 0 Å². The highest BCUT2D eigenvalue weighted by Gasteiger charge is 2.48. The number of thiocarbonyl (C=S) groups is 1. The molecule has 184 valence electrons. The Bertz CT molecular complexity index is 1420. The third-order valence-corrected chi connectivity index (χ3v) is 7.94. The van der Waals surface area contributed by atoms with Gasteiger partial charge in [0.15, 0.2) is 0 Å². The van der Waals surface area contributed by atoms with Crippen LogP contribution in [0.2, 0.25) is 0 Å². The largest absolute Gasteiger partial charge is 0.497 e. The van der Waals surface area contributed by atoms with E-state index in [1.807, 2.05) is 33.8 Å². The molecular weight excluding hydrogens is 496 g/mol. The lowest BCUT2D eigenvalue weighted by atomic mass is 9.89. The number of hydrogen-bond donors (Lipinski definition) is 0. The fraction of sp³-hybridized carbons (Fsp3) is 0.259. The van der Waals surface area contributed by atoms with Crippen LogP contribution in [0.15, 0.2) is 47.4 Å². The first-order valence-electron chi connectivity index (χ1n) is 11.4. The highest BCUT2D eigenvalue weighted by atomic mass is 32.2. The van der Waals surface area contributed by atoms with E-state index in [1.54, 1.807) is 48.4 Å². The monoisotopic (exact) mass is 520 g/mol. The van der Waals surface area contributed by atoms with Gasteiger partial charge < -0.3 is 9.47 Å². The molecule has 3 aliphatic heterocycles. The highest BCUT2D eigenvalue weighted by molar-refractivity contribution is 8.26. The molecule has 5 rings (SSSR count). The van der Waals surface area contributed by atoms with Crippen LogP contribution in [0.25, 0.3) is 11.1 Å². The lowest BCUT2D eigenvalue weighted by Gasteiger charge is -2.38. The summed E-state index contributed by atoms with van der Waals surface area (Å²) in [5.41, 5.74) is 3.05. The molecule has 36 heavy (non-hydrogen) atoms. The molecule has 0 radical (unpaired) electrons. The molecule has 0 saturated carbocycles. The van der Waals surface area contributed by atoms with Crippen molar-refractivity contribution in [2.45, 2.75) is 33.2 Å². The van der Waals surface area contributed by atoms with Crippen molar-refractivity contribution in [1.82, 2.24) is 4.90 Å². The number of thioether (sulfide) groups is 1. The van der Waals surface area contributed by atoms with E-state index in [4.69, 9.17) is 21.7 Å². The van der Waals surface area contributed by atoms with Gasteiger partial charge in [0.25, 0.3) is 11.8 Å². The van der Waals surface area contributed by atoms with E-state index < -0.39 is 11.5 Å². The van der Waals surface area contributed by atoms with E-state index in [0.717, 1.165) is 22.9 Å². The Morgan fingerprint density at radius 2 is 1.72 bits per heavy atom. The van der Waals surface area contributed by atoms with Crippen molar-refractivity contribution >= 4 is 62.9 Å². The molecule has 2 amide bonds. The predicted molar refractivity (Wildman–Crippen MR) is 144 cm³/mol. The second-order valence-corrected chi connectivity index (χ2v) is 10.9. The van der Waals surface area contributed by atoms with Crippen molar-refractivity contribution in [2.75, 3.05) is 18.6 Å². The topological polar surface area (TPSA) is 76.2 Å². The molecule has 7 nitrogen and oxygen atoms in total. The fourth-order valence-corrected chi connectivity index (χ4v) is 6.34. The highest BCUT2D eigenvalue weighted by Crippen LogP contribution is 2.53. The van der Waals surface area contributed by atoms with Crippen molar-refractivity contribution in [2.24, 2.45) is 0 Å². The van der Waals surface area contributed by atoms with Gasteiger partial charge in [-0.1, -0.05) is 30.1 Å². The minimum atomic E-state index is -0.607. The van der Waals surface area contributed by atoms with Crippen LogP contribution < -0.4 is 14.4 Å². The number of anilines is 1. The first kappa shape index (κ1) is 24.3. The summed E-state index contributed by atoms with van der Waals surface area (Å²) in [4.78, 5) is 43.4. The molecule has 0 bridgehead atoms. The van der Waals surface area contributed by atoms with Crippen LogP contribution in [-0.2, 0) is 9.59 Å². The Morgan fingerprint density at radius 1 is 1.06 bits per heavy atom. The lowest BCUT2D eigenvalue weighted by molar-refractivity contribution is -0.122. The number of carbonyl (C=O) groups is 3. The molecule has 1 fully saturated rings. The average molecular weight is 521 g/mol. The maximum absolute atomic E-state index is 13.8. The van der Waals surface area contributed by atoms with Crippen LogP contribution in [0.4, 0.5) is 5.69 Å². The number of allylic oxidation sites excluding steroid dienone is 1. The summed E-state index contributed by atoms with van der Waals surface area (Å²) in [5, 5.41) is 0. The van der Waals surface area contributed by atoms with Crippen molar-refractivity contribution < 1.29 is 23.9 Å². The number of ether oxygens (including phenoxy) is 2. The van der Waals surface area contributed by atoms with Crippen LogP contribution in [0.3, 0.4) is 0 Å². The molecule has 0 N–H and O–H groups in total. The summed E-state index contributed by atoms with van der Waals surface area (Å²) in [7, 11) is 1.55. The number of esters is 1. The maximum atomic E-state index is 13.8. The van der Waals surface area contributed by atoms with E-state index in [1.165, 1.54) is 4.90 Å². The van der Waals surface area contributed by atoms with E-state index in [0.29, 0.717) is 38.3 Å². The first-order valence-corrected chi connectivity index (χ1v) is 12.7. The summed E-state index contributed by atoms with van der Waals surface area (Å²) in [6, 6.07) is 10.0. The Balaban J connectivity index is 1.65. The van der Waals surface area contributed by atoms with Crippen molar-refractivity contribution in [3.8, 4) is 11.5 Å². The number of nitrogens with zero attached hydrogens (tertiary/aromatic N) is 2. The van der Waals surface area contributed by atoms with E-state index in [2.05, 4.69) is 0 Å². The normalized spacial score (nSPS) is 20.0. The summed E-state index contributed by atoms with van der Waals surface area (Å²) < 4.78 is 11.3. The molecule has 3 aliphatic rings. The van der Waals surface area contributed by atoms with Gasteiger partial charge in [-0.05, 0) is 69.7 Å². The van der Waals surface area contributed by atoms with Gasteiger partial charge in [0.05, 0.1) is 34.4 Å². The SMILES string of the molecule is CCN1C(=O)/C(=C2/C(=O)N3c4c(cc(OC(=O)c5ccc(OC)cc5)cc42)C(C)=CC3(C)C)SC1=S. The third kappa shape index (κ3) is 3.65. The molecule has 1 saturated heterocycles. The predicted octanol–water partition coefficient (Wildman–Crippen LogP) is 5.05. The first-order chi connectivity index (χ1) is 17.1. The quantitative estimate of drug-likeness (QED) is 0.242. The summed E-state index contributed by atoms with van der Waals surface area (Å²) in [6.45, 7) is 8.14. The Morgan fingerprint density at radius 3 is 2.33 bits per heavy atom. The van der Waals surface area contributed by atoms with Crippen LogP contribution in [-0.4, -0.2) is 46.2 Å². The Labute approximate surface area is 218 Å². The van der Waals surface area contributed by atoms with Gasteiger partial charge in [-0.3, -0.25) is 19.4 Å². The van der Waals surface area contributed by atoms with E-state index in [-0.39, 0.29) is 23.1 Å². The number of amides is 2. The molecule has 0 aromatic heterocycles. The Kier molecular flexibility index (Phi) is 5.80. The zero-order valence-electron chi connectivity index (χ0n) is 20.5. The van der Waals surface area contributed by atoms with Gasteiger partial charge in [-0.25, -0.2) is 4.79 Å². The number of carbonyl (C=O) groups excluding carboxylic acids is 3. The average Bonchev–Trinajstić information content (AvgIpc) is 3.29. The zero-order valence-corrected chi connectivity index (χ0v) is 22.1. The number of methoxy groups -OCH3 is 1. The number of hydrogen-bond acceptors (Lipinski definition) is 7. The molecule has 0 aliphatic carbocycles. The van der Waals surface area contributed by atoms with Gasteiger partial charge in [-0.15, -0.1) is 0 Å². The molecule has 9 heteroatoms. The second-order valence-electron chi connectivity index (χ2n) is 9.23. The van der Waals surface area contributed by atoms with Gasteiger partial charge >= 0.3 is 5.97 Å². The molecule has 2 aromatic carbocycles. The van der Waals surface area contributed by atoms with Crippen molar-refractivity contribution in [1.29, 1.82) is 0 Å². The van der Waals surface area contributed by atoms with Crippen LogP contribution >= 0.6 is 24.0 Å². The van der Waals surface area contributed by atoms with Crippen molar-refractivity contribution in [3.05, 3.63) is 64.1 Å². The molecular formula is C27H24N2O5S2. The summed E-state index contributed by atoms with van der Waals surface area (Å²) >= 11 is 6.54. The van der Waals surface area contributed by atoms with E-state index in [9.17, 15) is 14.4 Å². The molecule has 2 aromatic rings. The molecule has 0 unspecified atom stereocenters. The summed E-state index contributed by atoms with van der Waals surface area (Å²) in [6.07, 6.45) is 2.01. The van der Waals surface area contributed by atoms with Crippen LogP contribution in [0.1, 0.15) is 49.2 Å². The van der Waals surface area contributed by atoms with Gasteiger partial charge in [0, 0.05) is 17.7 Å². The smallest absolute Gasteiger partial charge is 0.343 e. The fourth-order valence-electron chi connectivity index (χ4n) is 4.88. The van der Waals surface area contributed by atoms with Crippen LogP contribution in [0.5, 0.6) is 11.5 Å². The van der Waals surface area contributed by atoms with Crippen LogP contribution in [0, 0.1) is 0 Å². The van der Waals surface area contributed by atoms with Gasteiger partial charge in [0.1, 0.15) is 15.8 Å². The van der Waals surface area contributed by atoms with Gasteiger partial charge in [-0.2, -0.15) is 0 Å². The summed E-state index contributed by atoms with van der Waals surface area (Å²) in [5.74, 6) is -0.176. The number of rotatable bonds is 4. The minimum absolute atomic E-state index is 0.268. The third-order valence-electron chi connectivity index (χ3n) is 6.49. The Hall–Kier alpha value is -3.43. The molecule has 3 heterocycles. The molecule has 0 spiro atoms. The zero-order chi connectivity index (χ0) is 25.9. The standard InChI is InChI=1S/C27H24N2O5S2/c1-6-28-24(31)22(36-26(28)35)20-19-12-17(34-25(32)15-7-9-16(33-5)10-8-15)11-18-14(2)13-27(3,4)29(21(18)19)23(20)30/h7-13H,6H2,1-5H3/b22-20-. The lowest BCUT2D eigenvalue weighted by Crippen LogP contribution is -2.46. The molecule has 0 atom stereocenters. The van der Waals surface area contributed by atoms with E-state index >= 15 is 0 Å². The minimum Gasteiger partial charge on any atom is -0.497 e. The maximum Gasteiger partial charge on any atom is 0.343 e. The van der Waals surface area contributed by atoms with Crippen molar-refractivity contribution in [3.63, 3.8) is 0 Å².